The van der Waals surface area contributed by atoms with Gasteiger partial charge in [-0.15, -0.1) is 0 Å². The van der Waals surface area contributed by atoms with Crippen molar-refractivity contribution in [3.63, 3.8) is 0 Å². The molecule has 25 heavy (non-hydrogen) atoms. The summed E-state index contributed by atoms with van der Waals surface area (Å²) in [5.41, 5.74) is 0.758. The lowest BCUT2D eigenvalue weighted by atomic mass is 10.1. The zero-order chi connectivity index (χ0) is 18.2. The van der Waals surface area contributed by atoms with Crippen LogP contribution in [0.4, 0.5) is 0 Å². The van der Waals surface area contributed by atoms with E-state index in [-0.39, 0.29) is 18.5 Å². The van der Waals surface area contributed by atoms with Crippen LogP contribution in [0.15, 0.2) is 24.3 Å². The lowest BCUT2D eigenvalue weighted by Gasteiger charge is -2.32. The van der Waals surface area contributed by atoms with Crippen LogP contribution in [0.2, 0.25) is 0 Å². The van der Waals surface area contributed by atoms with Crippen molar-refractivity contribution in [2.75, 3.05) is 34.0 Å². The number of benzene rings is 1. The Morgan fingerprint density at radius 2 is 1.92 bits per heavy atom. The molecule has 0 aliphatic carbocycles. The second-order valence-corrected chi connectivity index (χ2v) is 5.65. The molecule has 136 valence electrons. The maximum Gasteiger partial charge on any atom is 0.323 e. The number of carbonyl (C=O) groups is 2. The number of amides is 1. The van der Waals surface area contributed by atoms with Gasteiger partial charge in [0.2, 0.25) is 5.91 Å². The van der Waals surface area contributed by atoms with Crippen LogP contribution in [0.1, 0.15) is 18.4 Å². The summed E-state index contributed by atoms with van der Waals surface area (Å²) in [6, 6.07) is 5.17. The fraction of sp³-hybridized carbons (Fsp3) is 0.444. The van der Waals surface area contributed by atoms with Crippen LogP contribution in [-0.4, -0.2) is 61.9 Å². The van der Waals surface area contributed by atoms with Gasteiger partial charge in [-0.1, -0.05) is 6.07 Å². The van der Waals surface area contributed by atoms with Crippen molar-refractivity contribution in [1.29, 1.82) is 0 Å². The highest BCUT2D eigenvalue weighted by Crippen LogP contribution is 2.28. The Bertz CT molecular complexity index is 636. The van der Waals surface area contributed by atoms with E-state index in [4.69, 9.17) is 19.3 Å². The molecule has 7 nitrogen and oxygen atoms in total. The Balaban J connectivity index is 2.13. The number of methoxy groups -OCH3 is 2. The van der Waals surface area contributed by atoms with Gasteiger partial charge < -0.3 is 24.2 Å². The molecule has 7 heteroatoms. The maximum absolute atomic E-state index is 12.5. The van der Waals surface area contributed by atoms with E-state index in [1.165, 1.54) is 18.1 Å². The van der Waals surface area contributed by atoms with Crippen LogP contribution in [0.25, 0.3) is 6.08 Å². The fourth-order valence-corrected chi connectivity index (χ4v) is 2.75. The van der Waals surface area contributed by atoms with Crippen LogP contribution in [0.5, 0.6) is 11.5 Å². The normalized spacial score (nSPS) is 15.1. The van der Waals surface area contributed by atoms with Gasteiger partial charge in [-0.2, -0.15) is 0 Å². The number of carbonyl (C=O) groups excluding carboxylic acids is 1. The molecule has 0 atom stereocenters. The van der Waals surface area contributed by atoms with E-state index in [1.54, 1.807) is 31.4 Å². The summed E-state index contributed by atoms with van der Waals surface area (Å²) in [7, 11) is 3.09. The van der Waals surface area contributed by atoms with Crippen molar-refractivity contribution in [3.05, 3.63) is 29.8 Å². The third kappa shape index (κ3) is 5.22. The lowest BCUT2D eigenvalue weighted by Crippen LogP contribution is -2.45. The van der Waals surface area contributed by atoms with Crippen molar-refractivity contribution in [1.82, 2.24) is 4.90 Å². The average molecular weight is 349 g/mol. The third-order valence-corrected chi connectivity index (χ3v) is 4.05. The number of aliphatic carboxylic acids is 1. The minimum absolute atomic E-state index is 0.118. The summed E-state index contributed by atoms with van der Waals surface area (Å²) in [6.07, 6.45) is 4.31. The van der Waals surface area contributed by atoms with E-state index in [2.05, 4.69) is 0 Å². The Morgan fingerprint density at radius 3 is 2.52 bits per heavy atom. The molecular formula is C18H23NO6. The molecule has 0 bridgehead atoms. The molecule has 1 saturated heterocycles. The number of ether oxygens (including phenoxy) is 3. The Hall–Kier alpha value is -2.54. The summed E-state index contributed by atoms with van der Waals surface area (Å²) in [5.74, 6) is -0.201. The molecule has 1 N–H and O–H groups in total. The van der Waals surface area contributed by atoms with E-state index < -0.39 is 5.97 Å². The van der Waals surface area contributed by atoms with Crippen molar-refractivity contribution in [2.24, 2.45) is 0 Å². The Labute approximate surface area is 146 Å². The molecule has 2 rings (SSSR count). The molecule has 0 radical (unpaired) electrons. The van der Waals surface area contributed by atoms with Crippen LogP contribution >= 0.6 is 0 Å². The third-order valence-electron chi connectivity index (χ3n) is 4.05. The highest BCUT2D eigenvalue weighted by molar-refractivity contribution is 5.93. The predicted octanol–water partition coefficient (Wildman–Crippen LogP) is 1.81. The van der Waals surface area contributed by atoms with E-state index in [0.717, 1.165) is 5.56 Å². The first kappa shape index (κ1) is 18.8. The predicted molar refractivity (Wildman–Crippen MR) is 91.8 cm³/mol. The SMILES string of the molecule is COc1ccc(/C=C\C(=O)N(CC(=O)O)C2CCOCC2)cc1OC. The second kappa shape index (κ2) is 9.08. The zero-order valence-corrected chi connectivity index (χ0v) is 14.4. The molecule has 1 aliphatic heterocycles. The number of nitrogens with zero attached hydrogens (tertiary/aromatic N) is 1. The highest BCUT2D eigenvalue weighted by atomic mass is 16.5. The van der Waals surface area contributed by atoms with E-state index in [0.29, 0.717) is 37.6 Å². The largest absolute Gasteiger partial charge is 0.493 e. The van der Waals surface area contributed by atoms with Gasteiger partial charge in [-0.3, -0.25) is 9.59 Å². The second-order valence-electron chi connectivity index (χ2n) is 5.65. The number of hydrogen-bond acceptors (Lipinski definition) is 5. The Kier molecular flexibility index (Phi) is 6.82. The topological polar surface area (TPSA) is 85.3 Å². The van der Waals surface area contributed by atoms with Crippen molar-refractivity contribution < 1.29 is 28.9 Å². The zero-order valence-electron chi connectivity index (χ0n) is 14.4. The van der Waals surface area contributed by atoms with Crippen molar-refractivity contribution in [3.8, 4) is 11.5 Å². The first-order valence-electron chi connectivity index (χ1n) is 8.05. The molecular weight excluding hydrogens is 326 g/mol. The fourth-order valence-electron chi connectivity index (χ4n) is 2.75. The first-order valence-corrected chi connectivity index (χ1v) is 8.05. The number of hydrogen-bond donors (Lipinski definition) is 1. The monoisotopic (exact) mass is 349 g/mol. The summed E-state index contributed by atoms with van der Waals surface area (Å²) in [6.45, 7) is 0.751. The molecule has 0 unspecified atom stereocenters. The van der Waals surface area contributed by atoms with Gasteiger partial charge in [0.25, 0.3) is 0 Å². The standard InChI is InChI=1S/C18H23NO6/c1-23-15-5-3-13(11-16(15)24-2)4-6-17(20)19(12-18(21)22)14-7-9-25-10-8-14/h3-6,11,14H,7-10,12H2,1-2H3,(H,21,22)/b6-4-. The summed E-state index contributed by atoms with van der Waals surface area (Å²) < 4.78 is 15.7. The summed E-state index contributed by atoms with van der Waals surface area (Å²) >= 11 is 0. The quantitative estimate of drug-likeness (QED) is 0.756. The summed E-state index contributed by atoms with van der Waals surface area (Å²) in [4.78, 5) is 25.0. The molecule has 0 spiro atoms. The molecule has 1 aliphatic rings. The van der Waals surface area contributed by atoms with Gasteiger partial charge in [0, 0.05) is 25.3 Å². The lowest BCUT2D eigenvalue weighted by molar-refractivity contribution is -0.145. The molecule has 1 heterocycles. The van der Waals surface area contributed by atoms with Crippen LogP contribution in [-0.2, 0) is 14.3 Å². The molecule has 0 saturated carbocycles. The average Bonchev–Trinajstić information content (AvgIpc) is 2.64. The first-order chi connectivity index (χ1) is 12.0. The van der Waals surface area contributed by atoms with Crippen LogP contribution < -0.4 is 9.47 Å². The molecule has 1 aromatic carbocycles. The maximum atomic E-state index is 12.5. The Morgan fingerprint density at radius 1 is 1.24 bits per heavy atom. The minimum Gasteiger partial charge on any atom is -0.493 e. The van der Waals surface area contributed by atoms with Crippen LogP contribution in [0.3, 0.4) is 0 Å². The molecule has 1 amide bonds. The van der Waals surface area contributed by atoms with Crippen LogP contribution in [0, 0.1) is 0 Å². The van der Waals surface area contributed by atoms with Gasteiger partial charge >= 0.3 is 5.97 Å². The van der Waals surface area contributed by atoms with Gasteiger partial charge in [-0.25, -0.2) is 0 Å². The van der Waals surface area contributed by atoms with Gasteiger partial charge in [-0.05, 0) is 36.6 Å². The van der Waals surface area contributed by atoms with E-state index >= 15 is 0 Å². The number of carboxylic acids is 1. The minimum atomic E-state index is -1.03. The highest BCUT2D eigenvalue weighted by Gasteiger charge is 2.26. The van der Waals surface area contributed by atoms with Gasteiger partial charge in [0.05, 0.1) is 14.2 Å². The van der Waals surface area contributed by atoms with Crippen molar-refractivity contribution >= 4 is 18.0 Å². The smallest absolute Gasteiger partial charge is 0.323 e. The van der Waals surface area contributed by atoms with Gasteiger partial charge in [0.15, 0.2) is 11.5 Å². The van der Waals surface area contributed by atoms with E-state index in [1.807, 2.05) is 0 Å². The van der Waals surface area contributed by atoms with E-state index in [9.17, 15) is 9.59 Å². The molecule has 1 fully saturated rings. The number of rotatable bonds is 7. The summed E-state index contributed by atoms with van der Waals surface area (Å²) in [5, 5.41) is 9.10. The molecule has 1 aromatic rings. The molecule has 0 aromatic heterocycles. The number of carboxylic acid groups (broad SMARTS) is 1. The van der Waals surface area contributed by atoms with Crippen molar-refractivity contribution in [2.45, 2.75) is 18.9 Å². The van der Waals surface area contributed by atoms with Gasteiger partial charge in [0.1, 0.15) is 6.54 Å².